The zero-order valence-electron chi connectivity index (χ0n) is 14.2. The van der Waals surface area contributed by atoms with Crippen molar-refractivity contribution in [2.75, 3.05) is 5.32 Å². The van der Waals surface area contributed by atoms with Gasteiger partial charge in [-0.15, -0.1) is 0 Å². The van der Waals surface area contributed by atoms with Crippen LogP contribution < -0.4 is 16.2 Å². The van der Waals surface area contributed by atoms with E-state index >= 15 is 0 Å². The maximum absolute atomic E-state index is 11.9. The lowest BCUT2D eigenvalue weighted by atomic mass is 10.2. The van der Waals surface area contributed by atoms with Crippen molar-refractivity contribution >= 4 is 52.3 Å². The Labute approximate surface area is 169 Å². The van der Waals surface area contributed by atoms with Crippen LogP contribution in [0.4, 0.5) is 11.4 Å². The fourth-order valence-electron chi connectivity index (χ4n) is 2.05. The molecule has 0 aliphatic rings. The van der Waals surface area contributed by atoms with Gasteiger partial charge < -0.3 is 5.32 Å². The first-order valence-corrected chi connectivity index (χ1v) is 8.60. The number of hydrogen-bond donors (Lipinski definition) is 3. The van der Waals surface area contributed by atoms with Crippen molar-refractivity contribution in [1.29, 1.82) is 0 Å². The molecule has 0 aromatic heterocycles. The first kappa shape index (κ1) is 21.1. The summed E-state index contributed by atoms with van der Waals surface area (Å²) >= 11 is 11.7. The molecule has 0 aliphatic heterocycles. The number of hydrogen-bond acceptors (Lipinski definition) is 5. The second-order valence-electron chi connectivity index (χ2n) is 5.48. The fourth-order valence-corrected chi connectivity index (χ4v) is 2.51. The summed E-state index contributed by atoms with van der Waals surface area (Å²) in [6.45, 7) is 0. The monoisotopic (exact) mass is 424 g/mol. The first-order valence-electron chi connectivity index (χ1n) is 7.85. The van der Waals surface area contributed by atoms with Gasteiger partial charge in [-0.2, -0.15) is 0 Å². The molecule has 0 saturated heterocycles. The molecule has 0 bridgehead atoms. The molecule has 0 radical (unpaired) electrons. The van der Waals surface area contributed by atoms with Crippen molar-refractivity contribution in [3.63, 3.8) is 0 Å². The lowest BCUT2D eigenvalue weighted by Crippen LogP contribution is -2.41. The Balaban J connectivity index is 1.79. The topological polar surface area (TPSA) is 130 Å². The maximum Gasteiger partial charge on any atom is 0.270 e. The SMILES string of the molecule is O=C(CCC(=O)Nc1ccc(Cl)cc1Cl)NNC(=O)c1cccc([N+](=O)[O-])c1. The summed E-state index contributed by atoms with van der Waals surface area (Å²) in [4.78, 5) is 45.6. The van der Waals surface area contributed by atoms with Gasteiger partial charge in [-0.25, -0.2) is 0 Å². The third-order valence-corrected chi connectivity index (χ3v) is 3.97. The number of carbonyl (C=O) groups is 3. The molecule has 0 atom stereocenters. The van der Waals surface area contributed by atoms with Crippen LogP contribution in [0.5, 0.6) is 0 Å². The molecule has 0 saturated carbocycles. The van der Waals surface area contributed by atoms with Crippen LogP contribution in [0.15, 0.2) is 42.5 Å². The number of amides is 3. The van der Waals surface area contributed by atoms with Gasteiger partial charge in [0.25, 0.3) is 11.6 Å². The number of halogens is 2. The molecule has 0 heterocycles. The Morgan fingerprint density at radius 3 is 2.36 bits per heavy atom. The van der Waals surface area contributed by atoms with E-state index in [1.165, 1.54) is 30.3 Å². The van der Waals surface area contributed by atoms with E-state index in [-0.39, 0.29) is 29.1 Å². The molecular formula is C17H14Cl2N4O5. The predicted octanol–water partition coefficient (Wildman–Crippen LogP) is 3.08. The molecule has 11 heteroatoms. The molecule has 3 N–H and O–H groups in total. The summed E-state index contributed by atoms with van der Waals surface area (Å²) in [7, 11) is 0. The highest BCUT2D eigenvalue weighted by Crippen LogP contribution is 2.25. The van der Waals surface area contributed by atoms with Crippen LogP contribution in [-0.2, 0) is 9.59 Å². The number of nitrogens with one attached hydrogen (secondary N) is 3. The molecule has 28 heavy (non-hydrogen) atoms. The van der Waals surface area contributed by atoms with E-state index in [1.54, 1.807) is 6.07 Å². The van der Waals surface area contributed by atoms with Crippen molar-refractivity contribution in [1.82, 2.24) is 10.9 Å². The number of carbonyl (C=O) groups excluding carboxylic acids is 3. The number of non-ortho nitro benzene ring substituents is 1. The Bertz CT molecular complexity index is 936. The molecular weight excluding hydrogens is 411 g/mol. The lowest BCUT2D eigenvalue weighted by Gasteiger charge is -2.09. The molecule has 0 spiro atoms. The standard InChI is InChI=1S/C17H14Cl2N4O5/c18-11-4-5-14(13(19)9-11)20-15(24)6-7-16(25)21-22-17(26)10-2-1-3-12(8-10)23(27)28/h1-5,8-9H,6-7H2,(H,20,24)(H,21,25)(H,22,26). The van der Waals surface area contributed by atoms with E-state index in [2.05, 4.69) is 16.2 Å². The van der Waals surface area contributed by atoms with Crippen molar-refractivity contribution in [3.05, 3.63) is 68.2 Å². The number of nitro groups is 1. The second-order valence-corrected chi connectivity index (χ2v) is 6.33. The van der Waals surface area contributed by atoms with Crippen LogP contribution in [0.2, 0.25) is 10.0 Å². The Kier molecular flexibility index (Phi) is 7.30. The minimum absolute atomic E-state index is 0.00428. The molecule has 3 amide bonds. The Morgan fingerprint density at radius 1 is 0.964 bits per heavy atom. The molecule has 9 nitrogen and oxygen atoms in total. The Hall–Kier alpha value is -3.17. The van der Waals surface area contributed by atoms with Crippen molar-refractivity contribution in [2.45, 2.75) is 12.8 Å². The second kappa shape index (κ2) is 9.67. The average molecular weight is 425 g/mol. The Morgan fingerprint density at radius 2 is 1.68 bits per heavy atom. The first-order chi connectivity index (χ1) is 13.3. The van der Waals surface area contributed by atoms with Crippen LogP contribution in [0, 0.1) is 10.1 Å². The normalized spacial score (nSPS) is 10.1. The van der Waals surface area contributed by atoms with Gasteiger partial charge in [0, 0.05) is 35.6 Å². The molecule has 2 aromatic carbocycles. The third kappa shape index (κ3) is 6.22. The maximum atomic E-state index is 11.9. The fraction of sp³-hybridized carbons (Fsp3) is 0.118. The number of rotatable bonds is 6. The summed E-state index contributed by atoms with van der Waals surface area (Å²) in [5, 5.41) is 13.9. The number of nitro benzene ring substituents is 1. The number of benzene rings is 2. The van der Waals surface area contributed by atoms with E-state index < -0.39 is 22.6 Å². The zero-order chi connectivity index (χ0) is 20.7. The van der Waals surface area contributed by atoms with E-state index in [1.807, 2.05) is 0 Å². The zero-order valence-corrected chi connectivity index (χ0v) is 15.7. The van der Waals surface area contributed by atoms with Gasteiger partial charge >= 0.3 is 0 Å². The highest BCUT2D eigenvalue weighted by atomic mass is 35.5. The van der Waals surface area contributed by atoms with E-state index in [9.17, 15) is 24.5 Å². The summed E-state index contributed by atoms with van der Waals surface area (Å²) < 4.78 is 0. The summed E-state index contributed by atoms with van der Waals surface area (Å²) in [5.74, 6) is -1.80. The average Bonchev–Trinajstić information content (AvgIpc) is 2.66. The van der Waals surface area contributed by atoms with Gasteiger partial charge in [-0.05, 0) is 24.3 Å². The summed E-state index contributed by atoms with van der Waals surface area (Å²) in [5.41, 5.74) is 4.37. The largest absolute Gasteiger partial charge is 0.325 e. The van der Waals surface area contributed by atoms with E-state index in [0.29, 0.717) is 10.7 Å². The molecule has 0 aliphatic carbocycles. The summed E-state index contributed by atoms with van der Waals surface area (Å²) in [6.07, 6.45) is -0.357. The van der Waals surface area contributed by atoms with Crippen LogP contribution in [-0.4, -0.2) is 22.6 Å². The van der Waals surface area contributed by atoms with E-state index in [4.69, 9.17) is 23.2 Å². The quantitative estimate of drug-likeness (QED) is 0.484. The minimum Gasteiger partial charge on any atom is -0.325 e. The molecule has 2 aromatic rings. The molecule has 2 rings (SSSR count). The highest BCUT2D eigenvalue weighted by molar-refractivity contribution is 6.36. The number of anilines is 1. The van der Waals surface area contributed by atoms with Gasteiger partial charge in [0.1, 0.15) is 0 Å². The van der Waals surface area contributed by atoms with Crippen LogP contribution in [0.1, 0.15) is 23.2 Å². The number of hydrazine groups is 1. The molecule has 0 fully saturated rings. The smallest absolute Gasteiger partial charge is 0.270 e. The predicted molar refractivity (Wildman–Crippen MR) is 103 cm³/mol. The highest BCUT2D eigenvalue weighted by Gasteiger charge is 2.13. The van der Waals surface area contributed by atoms with Crippen molar-refractivity contribution in [2.24, 2.45) is 0 Å². The van der Waals surface area contributed by atoms with Crippen molar-refractivity contribution < 1.29 is 19.3 Å². The lowest BCUT2D eigenvalue weighted by molar-refractivity contribution is -0.384. The minimum atomic E-state index is -0.727. The van der Waals surface area contributed by atoms with E-state index in [0.717, 1.165) is 6.07 Å². The third-order valence-electron chi connectivity index (χ3n) is 3.42. The van der Waals surface area contributed by atoms with Gasteiger partial charge in [0.2, 0.25) is 11.8 Å². The van der Waals surface area contributed by atoms with Gasteiger partial charge in [-0.1, -0.05) is 29.3 Å². The molecule has 0 unspecified atom stereocenters. The van der Waals surface area contributed by atoms with Gasteiger partial charge in [0.05, 0.1) is 15.6 Å². The van der Waals surface area contributed by atoms with Gasteiger partial charge in [-0.3, -0.25) is 35.3 Å². The van der Waals surface area contributed by atoms with Crippen molar-refractivity contribution in [3.8, 4) is 0 Å². The summed E-state index contributed by atoms with van der Waals surface area (Å²) in [6, 6.07) is 9.57. The van der Waals surface area contributed by atoms with Crippen LogP contribution in [0.25, 0.3) is 0 Å². The van der Waals surface area contributed by atoms with Gasteiger partial charge in [0.15, 0.2) is 0 Å². The molecule has 146 valence electrons. The van der Waals surface area contributed by atoms with Crippen LogP contribution >= 0.6 is 23.2 Å². The number of nitrogens with zero attached hydrogens (tertiary/aromatic N) is 1. The van der Waals surface area contributed by atoms with Crippen LogP contribution in [0.3, 0.4) is 0 Å².